The minimum Gasteiger partial charge on any atom is -0.466 e. The van der Waals surface area contributed by atoms with Gasteiger partial charge in [-0.25, -0.2) is 4.39 Å². The summed E-state index contributed by atoms with van der Waals surface area (Å²) in [6.45, 7) is 1.55. The van der Waals surface area contributed by atoms with Crippen LogP contribution in [-0.2, 0) is 9.47 Å². The second kappa shape index (κ2) is 9.61. The van der Waals surface area contributed by atoms with Crippen molar-refractivity contribution in [3.05, 3.63) is 52.8 Å². The van der Waals surface area contributed by atoms with Gasteiger partial charge in [0.1, 0.15) is 11.6 Å². The van der Waals surface area contributed by atoms with E-state index < -0.39 is 0 Å². The number of anilines is 2. The highest BCUT2D eigenvalue weighted by Crippen LogP contribution is 2.33. The van der Waals surface area contributed by atoms with Crippen LogP contribution < -0.4 is 10.1 Å². The molecule has 6 heteroatoms. The van der Waals surface area contributed by atoms with Crippen molar-refractivity contribution in [2.45, 2.75) is 12.8 Å². The van der Waals surface area contributed by atoms with E-state index >= 15 is 0 Å². The van der Waals surface area contributed by atoms with Crippen molar-refractivity contribution in [3.8, 4) is 17.6 Å². The number of ether oxygens (including phenoxy) is 3. The first kappa shape index (κ1) is 19.5. The van der Waals surface area contributed by atoms with E-state index in [4.69, 9.17) is 25.8 Å². The molecule has 0 radical (unpaired) electrons. The summed E-state index contributed by atoms with van der Waals surface area (Å²) in [5.74, 6) is 7.07. The van der Waals surface area contributed by atoms with Crippen LogP contribution >= 0.6 is 11.6 Å². The van der Waals surface area contributed by atoms with E-state index in [9.17, 15) is 4.39 Å². The quantitative estimate of drug-likeness (QED) is 0.578. The Kier molecular flexibility index (Phi) is 6.94. The first-order valence-corrected chi connectivity index (χ1v) is 9.10. The van der Waals surface area contributed by atoms with Gasteiger partial charge >= 0.3 is 0 Å². The predicted octanol–water partition coefficient (Wildman–Crippen LogP) is 4.98. The highest BCUT2D eigenvalue weighted by atomic mass is 35.5. The Morgan fingerprint density at radius 1 is 1.22 bits per heavy atom. The maximum absolute atomic E-state index is 13.2. The van der Waals surface area contributed by atoms with E-state index in [1.54, 1.807) is 31.4 Å². The molecule has 2 aromatic rings. The number of benzene rings is 2. The smallest absolute Gasteiger partial charge is 0.188 e. The number of methoxy groups -OCH3 is 1. The van der Waals surface area contributed by atoms with Crippen molar-refractivity contribution in [1.29, 1.82) is 0 Å². The molecule has 1 heterocycles. The lowest BCUT2D eigenvalue weighted by atomic mass is 10.00. The molecule has 0 atom stereocenters. The van der Waals surface area contributed by atoms with Crippen LogP contribution in [0, 0.1) is 23.6 Å². The van der Waals surface area contributed by atoms with Crippen molar-refractivity contribution in [3.63, 3.8) is 0 Å². The molecule has 0 spiro atoms. The van der Waals surface area contributed by atoms with Crippen LogP contribution in [0.1, 0.15) is 18.4 Å². The van der Waals surface area contributed by atoms with E-state index in [1.807, 2.05) is 0 Å². The molecular weight excluding hydrogens is 369 g/mol. The van der Waals surface area contributed by atoms with Gasteiger partial charge in [-0.15, -0.1) is 0 Å². The zero-order chi connectivity index (χ0) is 19.1. The second-order valence-corrected chi connectivity index (χ2v) is 6.60. The summed E-state index contributed by atoms with van der Waals surface area (Å²) >= 11 is 6.26. The molecule has 0 aliphatic carbocycles. The van der Waals surface area contributed by atoms with E-state index in [-0.39, 0.29) is 18.5 Å². The largest absolute Gasteiger partial charge is 0.466 e. The van der Waals surface area contributed by atoms with Gasteiger partial charge in [0.2, 0.25) is 0 Å². The summed E-state index contributed by atoms with van der Waals surface area (Å²) in [6, 6.07) is 9.58. The van der Waals surface area contributed by atoms with Crippen LogP contribution in [0.4, 0.5) is 15.8 Å². The maximum Gasteiger partial charge on any atom is 0.188 e. The average Bonchev–Trinajstić information content (AvgIpc) is 2.68. The minimum atomic E-state index is -0.296. The fraction of sp³-hybridized carbons (Fsp3) is 0.333. The molecule has 1 saturated heterocycles. The molecular formula is C21H21ClFNO3. The molecule has 142 valence electrons. The summed E-state index contributed by atoms with van der Waals surface area (Å²) in [5, 5.41) is 3.75. The summed E-state index contributed by atoms with van der Waals surface area (Å²) in [7, 11) is 1.55. The normalized spacial score (nSPS) is 14.3. The van der Waals surface area contributed by atoms with Gasteiger partial charge in [0.15, 0.2) is 6.79 Å². The zero-order valence-electron chi connectivity index (χ0n) is 15.1. The van der Waals surface area contributed by atoms with E-state index in [1.165, 1.54) is 12.1 Å². The molecule has 2 aromatic carbocycles. The summed E-state index contributed by atoms with van der Waals surface area (Å²) < 4.78 is 29.3. The second-order valence-electron chi connectivity index (χ2n) is 6.17. The first-order chi connectivity index (χ1) is 13.2. The van der Waals surface area contributed by atoms with E-state index in [2.05, 4.69) is 17.2 Å². The molecule has 1 aliphatic rings. The maximum atomic E-state index is 13.2. The van der Waals surface area contributed by atoms with Crippen molar-refractivity contribution in [1.82, 2.24) is 0 Å². The van der Waals surface area contributed by atoms with Gasteiger partial charge < -0.3 is 19.5 Å². The molecule has 4 nitrogen and oxygen atoms in total. The predicted molar refractivity (Wildman–Crippen MR) is 104 cm³/mol. The number of nitrogens with one attached hydrogen (secondary N) is 1. The molecule has 0 aromatic heterocycles. The van der Waals surface area contributed by atoms with Gasteiger partial charge in [0, 0.05) is 43.0 Å². The third-order valence-corrected chi connectivity index (χ3v) is 4.36. The molecule has 27 heavy (non-hydrogen) atoms. The molecule has 1 aliphatic heterocycles. The highest BCUT2D eigenvalue weighted by molar-refractivity contribution is 6.31. The zero-order valence-corrected chi connectivity index (χ0v) is 15.8. The van der Waals surface area contributed by atoms with Crippen LogP contribution in [0.25, 0.3) is 0 Å². The van der Waals surface area contributed by atoms with Crippen molar-refractivity contribution >= 4 is 23.0 Å². The minimum absolute atomic E-state index is 0.0856. The van der Waals surface area contributed by atoms with Gasteiger partial charge in [-0.05, 0) is 43.2 Å². The Morgan fingerprint density at radius 2 is 1.96 bits per heavy atom. The lowest BCUT2D eigenvalue weighted by molar-refractivity contribution is 0.0510. The van der Waals surface area contributed by atoms with Gasteiger partial charge in [0.05, 0.1) is 11.3 Å². The number of halogens is 2. The number of hydrogen-bond donors (Lipinski definition) is 1. The van der Waals surface area contributed by atoms with Crippen molar-refractivity contribution < 1.29 is 18.6 Å². The molecule has 0 unspecified atom stereocenters. The topological polar surface area (TPSA) is 39.7 Å². The molecule has 0 bridgehead atoms. The van der Waals surface area contributed by atoms with Crippen molar-refractivity contribution in [2.75, 3.05) is 32.4 Å². The monoisotopic (exact) mass is 389 g/mol. The van der Waals surface area contributed by atoms with Gasteiger partial charge in [-0.2, -0.15) is 0 Å². The Labute approximate surface area is 163 Å². The summed E-state index contributed by atoms with van der Waals surface area (Å²) in [4.78, 5) is 0. The summed E-state index contributed by atoms with van der Waals surface area (Å²) in [5.41, 5.74) is 2.11. The van der Waals surface area contributed by atoms with Crippen LogP contribution in [0.15, 0.2) is 36.4 Å². The van der Waals surface area contributed by atoms with Crippen LogP contribution in [-0.4, -0.2) is 27.1 Å². The van der Waals surface area contributed by atoms with Crippen LogP contribution in [0.5, 0.6) is 5.75 Å². The first-order valence-electron chi connectivity index (χ1n) is 8.73. The number of rotatable bonds is 5. The SMILES string of the molecule is COCOc1cc(Cl)cc(Nc2ccc(F)cc2)c1C#CC1CCOCC1. The Bertz CT molecular complexity index is 824. The Hall–Kier alpha value is -2.26. The molecule has 1 fully saturated rings. The number of hydrogen-bond acceptors (Lipinski definition) is 4. The molecule has 1 N–H and O–H groups in total. The van der Waals surface area contributed by atoms with Crippen molar-refractivity contribution in [2.24, 2.45) is 5.92 Å². The highest BCUT2D eigenvalue weighted by Gasteiger charge is 2.14. The van der Waals surface area contributed by atoms with Crippen LogP contribution in [0.2, 0.25) is 5.02 Å². The third kappa shape index (κ3) is 5.61. The molecule has 0 saturated carbocycles. The standard InChI is InChI=1S/C21H21ClFNO3/c1-25-14-27-21-13-16(22)12-20(24-18-5-3-17(23)4-6-18)19(21)7-2-15-8-10-26-11-9-15/h3-6,12-13,15,24H,8-11,14H2,1H3. The molecule has 0 amide bonds. The lowest BCUT2D eigenvalue weighted by Crippen LogP contribution is -2.14. The van der Waals surface area contributed by atoms with Gasteiger partial charge in [0.25, 0.3) is 0 Å². The Morgan fingerprint density at radius 3 is 2.67 bits per heavy atom. The summed E-state index contributed by atoms with van der Waals surface area (Å²) in [6.07, 6.45) is 1.82. The molecule has 3 rings (SSSR count). The third-order valence-electron chi connectivity index (χ3n) is 4.15. The fourth-order valence-electron chi connectivity index (χ4n) is 2.75. The van der Waals surface area contributed by atoms with E-state index in [0.29, 0.717) is 22.0 Å². The lowest BCUT2D eigenvalue weighted by Gasteiger charge is -2.17. The van der Waals surface area contributed by atoms with E-state index in [0.717, 1.165) is 31.7 Å². The van der Waals surface area contributed by atoms with Gasteiger partial charge in [-0.1, -0.05) is 23.4 Å². The van der Waals surface area contributed by atoms with Crippen LogP contribution in [0.3, 0.4) is 0 Å². The average molecular weight is 390 g/mol. The van der Waals surface area contributed by atoms with Gasteiger partial charge in [-0.3, -0.25) is 0 Å². The Balaban J connectivity index is 1.95. The fourth-order valence-corrected chi connectivity index (χ4v) is 2.96.